The normalized spacial score (nSPS) is 10.9. The molecule has 0 aliphatic carbocycles. The van der Waals surface area contributed by atoms with Crippen molar-refractivity contribution in [2.45, 2.75) is 40.5 Å². The number of allylic oxidation sites excluding steroid dienone is 3. The lowest BCUT2D eigenvalue weighted by molar-refractivity contribution is -0.114. The third kappa shape index (κ3) is 6.83. The van der Waals surface area contributed by atoms with Crippen LogP contribution in [0.4, 0.5) is 5.82 Å². The number of carbonyl (C=O) groups excluding carboxylic acids is 1. The van der Waals surface area contributed by atoms with Gasteiger partial charge < -0.3 is 10.6 Å². The van der Waals surface area contributed by atoms with E-state index in [-0.39, 0.29) is 0 Å². The molecular weight excluding hydrogens is 484 g/mol. The molecule has 3 heterocycles. The summed E-state index contributed by atoms with van der Waals surface area (Å²) in [5.74, 6) is 1.47. The number of benzene rings is 1. The summed E-state index contributed by atoms with van der Waals surface area (Å²) < 4.78 is 1.97. The van der Waals surface area contributed by atoms with Crippen LogP contribution in [-0.2, 0) is 10.7 Å². The second-order valence-corrected chi connectivity index (χ2v) is 7.64. The Morgan fingerprint density at radius 3 is 2.35 bits per heavy atom. The summed E-state index contributed by atoms with van der Waals surface area (Å²) in [5, 5.41) is 0. The standard InChI is InChI=1S/C25H23ClN6O.2C2H6/c1-3-18(12-14-31(2)16-33)21-10-11-22-25(29-21)32(19-8-6-17(15-26)7-9-19)24(30-22)20-5-4-13-28-23(20)27;2*1-2/h3-14,16H,15H2,1-2H3,(H2,27,28);2*1-2H3/b14-12-,18-3+;;. The number of aromatic nitrogens is 4. The first-order valence-corrected chi connectivity index (χ1v) is 12.9. The SMILES string of the molecule is C/C=C(\C=C/N(C)C=O)c1ccc2nc(-c3cccnc3N)n(-c3ccc(CCl)cc3)c2n1.CC.CC. The van der Waals surface area contributed by atoms with E-state index in [9.17, 15) is 4.79 Å². The highest BCUT2D eigenvalue weighted by Crippen LogP contribution is 2.31. The van der Waals surface area contributed by atoms with E-state index in [2.05, 4.69) is 4.98 Å². The Morgan fingerprint density at radius 1 is 1.05 bits per heavy atom. The number of nitrogens with two attached hydrogens (primary N) is 1. The second kappa shape index (κ2) is 14.6. The third-order valence-electron chi connectivity index (χ3n) is 5.20. The molecule has 1 aromatic carbocycles. The number of nitrogen functional groups attached to an aromatic ring is 1. The zero-order chi connectivity index (χ0) is 27.4. The van der Waals surface area contributed by atoms with Gasteiger partial charge in [0.15, 0.2) is 11.5 Å². The minimum atomic E-state index is 0.389. The van der Waals surface area contributed by atoms with Gasteiger partial charge in [0, 0.05) is 31.0 Å². The van der Waals surface area contributed by atoms with Gasteiger partial charge in [-0.2, -0.15) is 0 Å². The highest BCUT2D eigenvalue weighted by atomic mass is 35.5. The Bertz CT molecular complexity index is 1360. The Morgan fingerprint density at radius 2 is 1.76 bits per heavy atom. The van der Waals surface area contributed by atoms with Crippen LogP contribution in [0.15, 0.2) is 73.1 Å². The van der Waals surface area contributed by atoms with Gasteiger partial charge in [-0.25, -0.2) is 15.0 Å². The number of halogens is 1. The zero-order valence-corrected chi connectivity index (χ0v) is 23.1. The number of carbonyl (C=O) groups is 1. The fourth-order valence-electron chi connectivity index (χ4n) is 3.45. The molecule has 2 N–H and O–H groups in total. The van der Waals surface area contributed by atoms with Crippen LogP contribution in [0, 0.1) is 0 Å². The maximum absolute atomic E-state index is 10.9. The van der Waals surface area contributed by atoms with Crippen molar-refractivity contribution in [3.05, 3.63) is 84.3 Å². The van der Waals surface area contributed by atoms with Gasteiger partial charge in [-0.3, -0.25) is 9.36 Å². The molecule has 8 heteroatoms. The van der Waals surface area contributed by atoms with Crippen molar-refractivity contribution < 1.29 is 4.79 Å². The number of alkyl halides is 1. The van der Waals surface area contributed by atoms with Gasteiger partial charge in [0.2, 0.25) is 6.41 Å². The summed E-state index contributed by atoms with van der Waals surface area (Å²) in [7, 11) is 1.68. The maximum Gasteiger partial charge on any atom is 0.213 e. The van der Waals surface area contributed by atoms with Crippen LogP contribution in [0.5, 0.6) is 0 Å². The van der Waals surface area contributed by atoms with E-state index < -0.39 is 0 Å². The number of hydrogen-bond donors (Lipinski definition) is 1. The molecule has 0 spiro atoms. The second-order valence-electron chi connectivity index (χ2n) is 7.38. The maximum atomic E-state index is 10.9. The van der Waals surface area contributed by atoms with Crippen LogP contribution < -0.4 is 5.73 Å². The number of imidazole rings is 1. The van der Waals surface area contributed by atoms with Crippen LogP contribution in [0.25, 0.3) is 33.8 Å². The molecule has 0 unspecified atom stereocenters. The molecule has 4 rings (SSSR count). The predicted molar refractivity (Wildman–Crippen MR) is 155 cm³/mol. The van der Waals surface area contributed by atoms with E-state index in [1.165, 1.54) is 4.90 Å². The number of amides is 1. The van der Waals surface area contributed by atoms with Crippen LogP contribution in [0.2, 0.25) is 0 Å². The minimum Gasteiger partial charge on any atom is -0.383 e. The summed E-state index contributed by atoms with van der Waals surface area (Å²) in [6.07, 6.45) is 7.87. The first-order chi connectivity index (χ1) is 18.0. The zero-order valence-electron chi connectivity index (χ0n) is 22.3. The molecule has 0 fully saturated rings. The van der Waals surface area contributed by atoms with E-state index in [0.717, 1.165) is 40.0 Å². The predicted octanol–water partition coefficient (Wildman–Crippen LogP) is 6.86. The van der Waals surface area contributed by atoms with Crippen LogP contribution >= 0.6 is 11.6 Å². The molecule has 37 heavy (non-hydrogen) atoms. The van der Waals surface area contributed by atoms with E-state index >= 15 is 0 Å². The Hall–Kier alpha value is -3.97. The average Bonchev–Trinajstić information content (AvgIpc) is 3.34. The first-order valence-electron chi connectivity index (χ1n) is 12.3. The Labute approximate surface area is 224 Å². The average molecular weight is 519 g/mol. The molecule has 0 atom stereocenters. The molecule has 7 nitrogen and oxygen atoms in total. The molecular formula is C29H35ClN6O. The van der Waals surface area contributed by atoms with Crippen LogP contribution in [-0.4, -0.2) is 37.9 Å². The molecule has 0 aliphatic rings. The van der Waals surface area contributed by atoms with Crippen molar-refractivity contribution >= 4 is 40.6 Å². The fourth-order valence-corrected chi connectivity index (χ4v) is 3.62. The van der Waals surface area contributed by atoms with Crippen molar-refractivity contribution in [3.63, 3.8) is 0 Å². The van der Waals surface area contributed by atoms with Gasteiger partial charge in [-0.05, 0) is 60.5 Å². The number of anilines is 1. The first kappa shape index (κ1) is 29.3. The molecule has 1 amide bonds. The minimum absolute atomic E-state index is 0.389. The quantitative estimate of drug-likeness (QED) is 0.164. The summed E-state index contributed by atoms with van der Waals surface area (Å²) >= 11 is 5.99. The van der Waals surface area contributed by atoms with E-state index in [0.29, 0.717) is 23.2 Å². The summed E-state index contributed by atoms with van der Waals surface area (Å²) in [5.41, 5.74) is 11.8. The highest BCUT2D eigenvalue weighted by Gasteiger charge is 2.18. The number of nitrogens with zero attached hydrogens (tertiary/aromatic N) is 5. The third-order valence-corrected chi connectivity index (χ3v) is 5.50. The Kier molecular flexibility index (Phi) is 11.5. The van der Waals surface area contributed by atoms with Gasteiger partial charge >= 0.3 is 0 Å². The van der Waals surface area contributed by atoms with Gasteiger partial charge in [0.05, 0.1) is 11.3 Å². The summed E-state index contributed by atoms with van der Waals surface area (Å²) in [6, 6.07) is 15.5. The number of fused-ring (bicyclic) bond motifs is 1. The summed E-state index contributed by atoms with van der Waals surface area (Å²) in [4.78, 5) is 26.4. The molecule has 194 valence electrons. The van der Waals surface area contributed by atoms with Crippen molar-refractivity contribution in [2.24, 2.45) is 0 Å². The molecule has 0 aliphatic heterocycles. The highest BCUT2D eigenvalue weighted by molar-refractivity contribution is 6.17. The molecule has 0 saturated heterocycles. The van der Waals surface area contributed by atoms with Crippen molar-refractivity contribution in [2.75, 3.05) is 12.8 Å². The van der Waals surface area contributed by atoms with Crippen molar-refractivity contribution in [1.29, 1.82) is 0 Å². The number of hydrogen-bond acceptors (Lipinski definition) is 5. The lowest BCUT2D eigenvalue weighted by Crippen LogP contribution is -2.06. The van der Waals surface area contributed by atoms with E-state index in [1.54, 1.807) is 19.4 Å². The van der Waals surface area contributed by atoms with Gasteiger partial charge in [-0.1, -0.05) is 45.9 Å². The lowest BCUT2D eigenvalue weighted by atomic mass is 10.1. The lowest BCUT2D eigenvalue weighted by Gasteiger charge is -2.11. The molecule has 0 saturated carbocycles. The summed E-state index contributed by atoms with van der Waals surface area (Å²) in [6.45, 7) is 9.93. The molecule has 0 bridgehead atoms. The molecule has 3 aromatic heterocycles. The van der Waals surface area contributed by atoms with Crippen LogP contribution in [0.3, 0.4) is 0 Å². The van der Waals surface area contributed by atoms with E-state index in [1.807, 2.05) is 99.9 Å². The topological polar surface area (TPSA) is 89.9 Å². The Balaban J connectivity index is 0.00000115. The van der Waals surface area contributed by atoms with Gasteiger partial charge in [0.1, 0.15) is 11.3 Å². The number of pyridine rings is 2. The van der Waals surface area contributed by atoms with Crippen molar-refractivity contribution in [3.8, 4) is 17.1 Å². The smallest absolute Gasteiger partial charge is 0.213 e. The van der Waals surface area contributed by atoms with E-state index in [4.69, 9.17) is 27.3 Å². The van der Waals surface area contributed by atoms with Gasteiger partial charge in [0.25, 0.3) is 0 Å². The van der Waals surface area contributed by atoms with Crippen LogP contribution in [0.1, 0.15) is 45.9 Å². The van der Waals surface area contributed by atoms with Crippen molar-refractivity contribution in [1.82, 2.24) is 24.4 Å². The van der Waals surface area contributed by atoms with Gasteiger partial charge in [-0.15, -0.1) is 11.6 Å². The largest absolute Gasteiger partial charge is 0.383 e. The monoisotopic (exact) mass is 518 g/mol. The molecule has 4 aromatic rings. The fraction of sp³-hybridized carbons (Fsp3) is 0.241. The number of rotatable bonds is 7. The molecule has 0 radical (unpaired) electrons.